The lowest BCUT2D eigenvalue weighted by molar-refractivity contribution is 0.101. The molecule has 0 radical (unpaired) electrons. The van der Waals surface area contributed by atoms with E-state index in [0.717, 1.165) is 0 Å². The van der Waals surface area contributed by atoms with Crippen LogP contribution in [0.15, 0.2) is 66.7 Å². The first-order valence-electron chi connectivity index (χ1n) is 7.89. The van der Waals surface area contributed by atoms with Gasteiger partial charge in [-0.15, -0.1) is 0 Å². The highest BCUT2D eigenvalue weighted by Gasteiger charge is 2.21. The van der Waals surface area contributed by atoms with E-state index in [1.807, 2.05) is 12.1 Å². The zero-order chi connectivity index (χ0) is 18.1. The summed E-state index contributed by atoms with van der Waals surface area (Å²) in [7, 11) is 0. The first-order valence-corrected chi connectivity index (χ1v) is 8.27. The van der Waals surface area contributed by atoms with Crippen LogP contribution < -0.4 is 15.4 Å². The van der Waals surface area contributed by atoms with Crippen LogP contribution in [-0.4, -0.2) is 11.8 Å². The minimum Gasteiger partial charge on any atom is -0.454 e. The number of para-hydroxylation sites is 2. The maximum atomic E-state index is 12.5. The number of carbonyl (C=O) groups is 2. The zero-order valence-corrected chi connectivity index (χ0v) is 14.2. The van der Waals surface area contributed by atoms with Crippen molar-refractivity contribution in [1.82, 2.24) is 0 Å². The summed E-state index contributed by atoms with van der Waals surface area (Å²) in [6, 6.07) is 18.7. The predicted molar refractivity (Wildman–Crippen MR) is 100 cm³/mol. The van der Waals surface area contributed by atoms with Crippen molar-refractivity contribution in [3.8, 4) is 11.5 Å². The summed E-state index contributed by atoms with van der Waals surface area (Å²) in [6.45, 7) is 0. The lowest BCUT2D eigenvalue weighted by Gasteiger charge is -2.10. The molecule has 1 aliphatic heterocycles. The molecule has 4 rings (SSSR count). The van der Waals surface area contributed by atoms with Crippen LogP contribution in [0.25, 0.3) is 0 Å². The molecule has 2 N–H and O–H groups in total. The Kier molecular flexibility index (Phi) is 4.07. The van der Waals surface area contributed by atoms with Crippen LogP contribution in [0, 0.1) is 0 Å². The van der Waals surface area contributed by atoms with Crippen molar-refractivity contribution < 1.29 is 14.3 Å². The largest absolute Gasteiger partial charge is 0.454 e. The number of anilines is 2. The van der Waals surface area contributed by atoms with Gasteiger partial charge in [0.2, 0.25) is 0 Å². The molecule has 0 aliphatic carbocycles. The highest BCUT2D eigenvalue weighted by molar-refractivity contribution is 6.31. The Balaban J connectivity index is 1.63. The van der Waals surface area contributed by atoms with E-state index >= 15 is 0 Å². The van der Waals surface area contributed by atoms with Crippen LogP contribution in [0.5, 0.6) is 11.5 Å². The number of carbonyl (C=O) groups excluding carboxylic acids is 2. The van der Waals surface area contributed by atoms with Crippen molar-refractivity contribution in [1.29, 1.82) is 0 Å². The molecule has 0 saturated carbocycles. The highest BCUT2D eigenvalue weighted by Crippen LogP contribution is 2.36. The van der Waals surface area contributed by atoms with Crippen LogP contribution in [0.1, 0.15) is 20.7 Å². The second-order valence-electron chi connectivity index (χ2n) is 5.73. The third kappa shape index (κ3) is 3.12. The van der Waals surface area contributed by atoms with Crippen molar-refractivity contribution in [2.24, 2.45) is 0 Å². The lowest BCUT2D eigenvalue weighted by atomic mass is 10.1. The number of fused-ring (bicyclic) bond motifs is 2. The summed E-state index contributed by atoms with van der Waals surface area (Å²) in [5.74, 6) is 0.373. The van der Waals surface area contributed by atoms with Gasteiger partial charge in [-0.25, -0.2) is 0 Å². The Hall–Kier alpha value is -3.31. The Morgan fingerprint density at radius 1 is 0.962 bits per heavy atom. The van der Waals surface area contributed by atoms with E-state index in [1.165, 1.54) is 0 Å². The van der Waals surface area contributed by atoms with E-state index in [0.29, 0.717) is 39.0 Å². The number of amides is 2. The molecule has 0 spiro atoms. The molecule has 6 heteroatoms. The van der Waals surface area contributed by atoms with Gasteiger partial charge in [0, 0.05) is 16.3 Å². The number of ether oxygens (including phenoxy) is 1. The molecule has 3 aromatic rings. The van der Waals surface area contributed by atoms with E-state index in [4.69, 9.17) is 16.3 Å². The fourth-order valence-corrected chi connectivity index (χ4v) is 2.86. The summed E-state index contributed by atoms with van der Waals surface area (Å²) in [5.41, 5.74) is 1.85. The average Bonchev–Trinajstić information content (AvgIpc) is 2.77. The first-order chi connectivity index (χ1) is 12.6. The number of hydrogen-bond donors (Lipinski definition) is 2. The Bertz CT molecular complexity index is 1030. The third-order valence-corrected chi connectivity index (χ3v) is 4.16. The van der Waals surface area contributed by atoms with Crippen LogP contribution in [-0.2, 0) is 0 Å². The first kappa shape index (κ1) is 16.2. The van der Waals surface area contributed by atoms with E-state index in [2.05, 4.69) is 10.6 Å². The van der Waals surface area contributed by atoms with Crippen LogP contribution in [0.4, 0.5) is 11.4 Å². The molecule has 3 aromatic carbocycles. The zero-order valence-electron chi connectivity index (χ0n) is 13.5. The summed E-state index contributed by atoms with van der Waals surface area (Å²) in [5, 5.41) is 6.05. The topological polar surface area (TPSA) is 67.4 Å². The fraction of sp³-hybridized carbons (Fsp3) is 0. The molecule has 0 bridgehead atoms. The minimum absolute atomic E-state index is 0.302. The molecular weight excluding hydrogens is 352 g/mol. The molecule has 0 aromatic heterocycles. The van der Waals surface area contributed by atoms with Crippen LogP contribution in [0.2, 0.25) is 5.02 Å². The normalized spacial score (nSPS) is 12.1. The second-order valence-corrected chi connectivity index (χ2v) is 6.16. The molecule has 1 aliphatic rings. The van der Waals surface area contributed by atoms with E-state index in [1.54, 1.807) is 54.6 Å². The quantitative estimate of drug-likeness (QED) is 0.676. The van der Waals surface area contributed by atoms with E-state index in [9.17, 15) is 9.59 Å². The maximum absolute atomic E-state index is 12.5. The number of halogens is 1. The summed E-state index contributed by atoms with van der Waals surface area (Å²) in [6.07, 6.45) is 0. The Labute approximate surface area is 154 Å². The van der Waals surface area contributed by atoms with Gasteiger partial charge >= 0.3 is 0 Å². The van der Waals surface area contributed by atoms with Gasteiger partial charge in [-0.05, 0) is 48.5 Å². The van der Waals surface area contributed by atoms with Crippen LogP contribution >= 0.6 is 11.6 Å². The fourth-order valence-electron chi connectivity index (χ4n) is 2.67. The minimum atomic E-state index is -0.314. The van der Waals surface area contributed by atoms with Gasteiger partial charge in [0.15, 0.2) is 5.75 Å². The molecule has 0 fully saturated rings. The average molecular weight is 365 g/mol. The maximum Gasteiger partial charge on any atom is 0.259 e. The van der Waals surface area contributed by atoms with Gasteiger partial charge in [-0.2, -0.15) is 0 Å². The van der Waals surface area contributed by atoms with Gasteiger partial charge in [0.1, 0.15) is 5.75 Å². The van der Waals surface area contributed by atoms with Gasteiger partial charge in [0.25, 0.3) is 11.8 Å². The SMILES string of the molecule is O=C(Nc1ccc2c(c1)C(=O)Nc1ccccc1O2)c1cccc(Cl)c1. The molecule has 0 atom stereocenters. The molecule has 1 heterocycles. The molecule has 0 unspecified atom stereocenters. The molecule has 5 nitrogen and oxygen atoms in total. The summed E-state index contributed by atoms with van der Waals surface area (Å²) in [4.78, 5) is 24.9. The van der Waals surface area contributed by atoms with Gasteiger partial charge in [0.05, 0.1) is 11.3 Å². The van der Waals surface area contributed by atoms with Gasteiger partial charge < -0.3 is 15.4 Å². The van der Waals surface area contributed by atoms with Crippen LogP contribution in [0.3, 0.4) is 0 Å². The van der Waals surface area contributed by atoms with Gasteiger partial charge in [-0.3, -0.25) is 9.59 Å². The summed E-state index contributed by atoms with van der Waals surface area (Å²) >= 11 is 5.92. The standard InChI is InChI=1S/C20H13ClN2O3/c21-13-5-3-4-12(10-13)19(24)22-14-8-9-17-15(11-14)20(25)23-16-6-1-2-7-18(16)26-17/h1-11H,(H,22,24)(H,23,25). The molecule has 26 heavy (non-hydrogen) atoms. The van der Waals surface area contributed by atoms with Crippen molar-refractivity contribution in [3.63, 3.8) is 0 Å². The van der Waals surface area contributed by atoms with Crippen molar-refractivity contribution in [2.45, 2.75) is 0 Å². The third-order valence-electron chi connectivity index (χ3n) is 3.92. The van der Waals surface area contributed by atoms with Crippen molar-refractivity contribution >= 4 is 34.8 Å². The highest BCUT2D eigenvalue weighted by atomic mass is 35.5. The Morgan fingerprint density at radius 2 is 1.81 bits per heavy atom. The molecular formula is C20H13ClN2O3. The Morgan fingerprint density at radius 3 is 2.65 bits per heavy atom. The molecule has 128 valence electrons. The second kappa shape index (κ2) is 6.54. The molecule has 0 saturated heterocycles. The monoisotopic (exact) mass is 364 g/mol. The number of nitrogens with one attached hydrogen (secondary N) is 2. The van der Waals surface area contributed by atoms with Crippen molar-refractivity contribution in [3.05, 3.63) is 82.9 Å². The lowest BCUT2D eigenvalue weighted by Crippen LogP contribution is -2.14. The van der Waals surface area contributed by atoms with Gasteiger partial charge in [-0.1, -0.05) is 29.8 Å². The van der Waals surface area contributed by atoms with E-state index < -0.39 is 0 Å². The predicted octanol–water partition coefficient (Wildman–Crippen LogP) is 4.95. The summed E-state index contributed by atoms with van der Waals surface area (Å²) < 4.78 is 5.82. The van der Waals surface area contributed by atoms with Crippen molar-refractivity contribution in [2.75, 3.05) is 10.6 Å². The number of benzene rings is 3. The van der Waals surface area contributed by atoms with E-state index in [-0.39, 0.29) is 11.8 Å². The molecule has 2 amide bonds. The smallest absolute Gasteiger partial charge is 0.259 e. The number of hydrogen-bond acceptors (Lipinski definition) is 3. The number of rotatable bonds is 2.